The van der Waals surface area contributed by atoms with E-state index in [0.717, 1.165) is 22.0 Å². The summed E-state index contributed by atoms with van der Waals surface area (Å²) in [5.74, 6) is -1.02. The Kier molecular flexibility index (Phi) is 2.52. The van der Waals surface area contributed by atoms with Gasteiger partial charge >= 0.3 is 5.97 Å². The number of carbonyl (C=O) groups is 1. The summed E-state index contributed by atoms with van der Waals surface area (Å²) in [5, 5.41) is 17.5. The van der Waals surface area contributed by atoms with Crippen molar-refractivity contribution in [1.82, 2.24) is 15.2 Å². The second-order valence-electron chi connectivity index (χ2n) is 4.30. The Morgan fingerprint density at radius 3 is 2.84 bits per heavy atom. The van der Waals surface area contributed by atoms with Gasteiger partial charge in [0.15, 0.2) is 0 Å². The lowest BCUT2D eigenvalue weighted by Gasteiger charge is -2.03. The summed E-state index contributed by atoms with van der Waals surface area (Å²) >= 11 is 0. The number of fused-ring (bicyclic) bond motifs is 1. The Labute approximate surface area is 108 Å². The van der Waals surface area contributed by atoms with Crippen LogP contribution in [-0.4, -0.2) is 26.3 Å². The first-order chi connectivity index (χ1) is 9.15. The van der Waals surface area contributed by atoms with E-state index in [1.807, 2.05) is 31.2 Å². The number of aromatic carboxylic acids is 1. The largest absolute Gasteiger partial charge is 0.477 e. The smallest absolute Gasteiger partial charge is 0.353 e. The maximum Gasteiger partial charge on any atom is 0.353 e. The van der Waals surface area contributed by atoms with Crippen molar-refractivity contribution in [3.63, 3.8) is 0 Å². The second kappa shape index (κ2) is 4.20. The summed E-state index contributed by atoms with van der Waals surface area (Å²) in [6, 6.07) is 9.34. The van der Waals surface area contributed by atoms with Crippen molar-refractivity contribution in [3.8, 4) is 11.3 Å². The number of aryl methyl sites for hydroxylation is 1. The molecule has 0 bridgehead atoms. The molecule has 5 heteroatoms. The molecule has 0 unspecified atom stereocenters. The van der Waals surface area contributed by atoms with E-state index in [4.69, 9.17) is 5.11 Å². The van der Waals surface area contributed by atoms with E-state index in [-0.39, 0.29) is 5.69 Å². The van der Waals surface area contributed by atoms with E-state index in [9.17, 15) is 4.79 Å². The molecule has 1 aromatic carbocycles. The molecule has 0 amide bonds. The summed E-state index contributed by atoms with van der Waals surface area (Å²) < 4.78 is 0. The van der Waals surface area contributed by atoms with Crippen LogP contribution >= 0.6 is 0 Å². The number of aromatic amines is 1. The fourth-order valence-corrected chi connectivity index (χ4v) is 2.05. The minimum Gasteiger partial charge on any atom is -0.477 e. The van der Waals surface area contributed by atoms with Crippen LogP contribution in [0.4, 0.5) is 0 Å². The highest BCUT2D eigenvalue weighted by molar-refractivity contribution is 5.90. The molecule has 5 nitrogen and oxygen atoms in total. The van der Waals surface area contributed by atoms with Gasteiger partial charge < -0.3 is 5.11 Å². The van der Waals surface area contributed by atoms with Crippen LogP contribution in [0, 0.1) is 6.92 Å². The van der Waals surface area contributed by atoms with Crippen molar-refractivity contribution >= 4 is 16.7 Å². The van der Waals surface area contributed by atoms with Gasteiger partial charge in [0.05, 0.1) is 5.69 Å². The molecule has 0 spiro atoms. The number of nitrogens with zero attached hydrogens (tertiary/aromatic N) is 2. The highest BCUT2D eigenvalue weighted by atomic mass is 16.4. The van der Waals surface area contributed by atoms with Gasteiger partial charge in [0, 0.05) is 22.8 Å². The highest BCUT2D eigenvalue weighted by Crippen LogP contribution is 2.24. The second-order valence-corrected chi connectivity index (χ2v) is 4.30. The number of pyridine rings is 1. The fraction of sp³-hybridized carbons (Fsp3) is 0.0714. The lowest BCUT2D eigenvalue weighted by atomic mass is 10.0. The molecule has 0 saturated heterocycles. The number of hydrogen-bond acceptors (Lipinski definition) is 3. The van der Waals surface area contributed by atoms with Crippen molar-refractivity contribution in [1.29, 1.82) is 0 Å². The van der Waals surface area contributed by atoms with Gasteiger partial charge in [-0.2, -0.15) is 5.10 Å². The van der Waals surface area contributed by atoms with Crippen LogP contribution in [0.3, 0.4) is 0 Å². The van der Waals surface area contributed by atoms with Crippen molar-refractivity contribution in [2.24, 2.45) is 0 Å². The average Bonchev–Trinajstić information content (AvgIpc) is 2.89. The molecule has 2 N–H and O–H groups in total. The number of carboxylic acids is 1. The van der Waals surface area contributed by atoms with E-state index in [0.29, 0.717) is 5.69 Å². The molecule has 3 rings (SSSR count). The summed E-state index contributed by atoms with van der Waals surface area (Å²) in [4.78, 5) is 15.1. The number of benzene rings is 1. The number of aromatic nitrogens is 3. The lowest BCUT2D eigenvalue weighted by Crippen LogP contribution is -1.95. The fourth-order valence-electron chi connectivity index (χ4n) is 2.05. The summed E-state index contributed by atoms with van der Waals surface area (Å²) in [6.07, 6.45) is 1.77. The third kappa shape index (κ3) is 1.95. The Morgan fingerprint density at radius 1 is 1.26 bits per heavy atom. The molecule has 0 saturated carbocycles. The van der Waals surface area contributed by atoms with Gasteiger partial charge in [-0.1, -0.05) is 12.1 Å². The maximum atomic E-state index is 10.8. The highest BCUT2D eigenvalue weighted by Gasteiger charge is 2.10. The first kappa shape index (κ1) is 11.4. The molecule has 0 aliphatic heterocycles. The van der Waals surface area contributed by atoms with Crippen LogP contribution < -0.4 is 0 Å². The molecule has 0 fully saturated rings. The van der Waals surface area contributed by atoms with Gasteiger partial charge in [-0.3, -0.25) is 10.1 Å². The predicted octanol–water partition coefficient (Wildman–Crippen LogP) is 2.63. The zero-order valence-electron chi connectivity index (χ0n) is 10.2. The molecule has 0 aliphatic carbocycles. The third-order valence-corrected chi connectivity index (χ3v) is 3.07. The molecule has 3 aromatic rings. The maximum absolute atomic E-state index is 10.8. The summed E-state index contributed by atoms with van der Waals surface area (Å²) in [5.41, 5.74) is 2.50. The minimum absolute atomic E-state index is 0.0815. The van der Waals surface area contributed by atoms with E-state index < -0.39 is 5.97 Å². The molecular formula is C14H11N3O2. The van der Waals surface area contributed by atoms with Crippen molar-refractivity contribution in [2.45, 2.75) is 6.92 Å². The molecule has 94 valence electrons. The SMILES string of the molecule is Cc1nccc2ccc(-c3cc(C(=O)O)[nH]n3)cc12. The molecular weight excluding hydrogens is 242 g/mol. The Morgan fingerprint density at radius 2 is 2.11 bits per heavy atom. The number of carboxylic acid groups (broad SMARTS) is 1. The quantitative estimate of drug-likeness (QED) is 0.735. The van der Waals surface area contributed by atoms with E-state index >= 15 is 0 Å². The van der Waals surface area contributed by atoms with E-state index in [1.165, 1.54) is 6.07 Å². The van der Waals surface area contributed by atoms with Crippen molar-refractivity contribution < 1.29 is 9.90 Å². The van der Waals surface area contributed by atoms with Gasteiger partial charge in [0.25, 0.3) is 0 Å². The Bertz CT molecular complexity index is 777. The zero-order chi connectivity index (χ0) is 13.4. The van der Waals surface area contributed by atoms with Crippen LogP contribution in [0.1, 0.15) is 16.2 Å². The number of hydrogen-bond donors (Lipinski definition) is 2. The average molecular weight is 253 g/mol. The summed E-state index contributed by atoms with van der Waals surface area (Å²) in [7, 11) is 0. The van der Waals surface area contributed by atoms with Crippen LogP contribution in [-0.2, 0) is 0 Å². The van der Waals surface area contributed by atoms with Gasteiger partial charge in [0.1, 0.15) is 5.69 Å². The van der Waals surface area contributed by atoms with Crippen LogP contribution in [0.5, 0.6) is 0 Å². The molecule has 2 heterocycles. The molecule has 0 atom stereocenters. The predicted molar refractivity (Wildman–Crippen MR) is 71.0 cm³/mol. The first-order valence-electron chi connectivity index (χ1n) is 5.79. The van der Waals surface area contributed by atoms with Crippen molar-refractivity contribution in [3.05, 3.63) is 47.9 Å². The number of nitrogens with one attached hydrogen (secondary N) is 1. The standard InChI is InChI=1S/C14H11N3O2/c1-8-11-6-10(3-2-9(11)4-5-15-8)12-7-13(14(18)19)17-16-12/h2-7H,1H3,(H,16,17)(H,18,19). The third-order valence-electron chi connectivity index (χ3n) is 3.07. The van der Waals surface area contributed by atoms with Gasteiger partial charge in [-0.25, -0.2) is 4.79 Å². The topological polar surface area (TPSA) is 78.9 Å². The molecule has 0 aliphatic rings. The Hall–Kier alpha value is -2.69. The number of rotatable bonds is 2. The molecule has 19 heavy (non-hydrogen) atoms. The van der Waals surface area contributed by atoms with Crippen molar-refractivity contribution in [2.75, 3.05) is 0 Å². The molecule has 0 radical (unpaired) electrons. The monoisotopic (exact) mass is 253 g/mol. The normalized spacial score (nSPS) is 10.8. The van der Waals surface area contributed by atoms with Crippen LogP contribution in [0.25, 0.3) is 22.0 Å². The van der Waals surface area contributed by atoms with E-state index in [2.05, 4.69) is 15.2 Å². The van der Waals surface area contributed by atoms with Gasteiger partial charge in [-0.15, -0.1) is 0 Å². The lowest BCUT2D eigenvalue weighted by molar-refractivity contribution is 0.0690. The summed E-state index contributed by atoms with van der Waals surface area (Å²) in [6.45, 7) is 1.94. The van der Waals surface area contributed by atoms with Crippen LogP contribution in [0.15, 0.2) is 36.5 Å². The number of H-pyrrole nitrogens is 1. The molecule has 2 aromatic heterocycles. The zero-order valence-corrected chi connectivity index (χ0v) is 10.2. The minimum atomic E-state index is -1.02. The van der Waals surface area contributed by atoms with Gasteiger partial charge in [0.2, 0.25) is 0 Å². The first-order valence-corrected chi connectivity index (χ1v) is 5.79. The van der Waals surface area contributed by atoms with E-state index in [1.54, 1.807) is 6.20 Å². The van der Waals surface area contributed by atoms with Crippen LogP contribution in [0.2, 0.25) is 0 Å². The van der Waals surface area contributed by atoms with Gasteiger partial charge in [-0.05, 0) is 30.5 Å². The Balaban J connectivity index is 2.14.